The number of aryl methyl sites for hydroxylation is 2. The Labute approximate surface area is 121 Å². The Morgan fingerprint density at radius 2 is 1.90 bits per heavy atom. The van der Waals surface area contributed by atoms with E-state index < -0.39 is 5.82 Å². The van der Waals surface area contributed by atoms with Crippen molar-refractivity contribution in [2.24, 2.45) is 0 Å². The van der Waals surface area contributed by atoms with E-state index in [1.807, 2.05) is 6.07 Å². The summed E-state index contributed by atoms with van der Waals surface area (Å²) in [6.45, 7) is 0. The molecule has 4 nitrogen and oxygen atoms in total. The van der Waals surface area contributed by atoms with E-state index in [0.29, 0.717) is 17.1 Å². The molecule has 0 unspecified atom stereocenters. The highest BCUT2D eigenvalue weighted by molar-refractivity contribution is 5.65. The van der Waals surface area contributed by atoms with Gasteiger partial charge in [0.25, 0.3) is 0 Å². The average molecular weight is 278 g/mol. The van der Waals surface area contributed by atoms with Crippen molar-refractivity contribution >= 4 is 11.5 Å². The Hall–Kier alpha value is -2.92. The van der Waals surface area contributed by atoms with Gasteiger partial charge in [0.2, 0.25) is 0 Å². The predicted octanol–water partition coefficient (Wildman–Crippen LogP) is 3.20. The lowest BCUT2D eigenvalue weighted by atomic mass is 10.1. The quantitative estimate of drug-likeness (QED) is 0.915. The molecule has 1 aromatic heterocycles. The van der Waals surface area contributed by atoms with Crippen LogP contribution >= 0.6 is 0 Å². The summed E-state index contributed by atoms with van der Waals surface area (Å²) in [7, 11) is 0. The molecule has 1 aliphatic rings. The van der Waals surface area contributed by atoms with Crippen molar-refractivity contribution in [3.05, 3.63) is 52.5 Å². The lowest BCUT2D eigenvalue weighted by molar-refractivity contribution is 0.624. The van der Waals surface area contributed by atoms with E-state index >= 15 is 0 Å². The molecule has 0 fully saturated rings. The number of rotatable bonds is 2. The van der Waals surface area contributed by atoms with Crippen LogP contribution in [0.4, 0.5) is 15.9 Å². The fourth-order valence-corrected chi connectivity index (χ4v) is 2.48. The van der Waals surface area contributed by atoms with E-state index in [4.69, 9.17) is 5.26 Å². The molecule has 0 atom stereocenters. The van der Waals surface area contributed by atoms with Crippen LogP contribution in [0, 0.1) is 28.5 Å². The van der Waals surface area contributed by atoms with Gasteiger partial charge in [-0.2, -0.15) is 10.5 Å². The van der Waals surface area contributed by atoms with Gasteiger partial charge < -0.3 is 5.32 Å². The van der Waals surface area contributed by atoms with Gasteiger partial charge in [0.05, 0.1) is 11.1 Å². The molecule has 0 spiro atoms. The normalized spacial score (nSPS) is 12.3. The Kier molecular flexibility index (Phi) is 3.25. The van der Waals surface area contributed by atoms with Gasteiger partial charge in [-0.25, -0.2) is 9.37 Å². The first-order chi connectivity index (χ1) is 10.2. The maximum Gasteiger partial charge on any atom is 0.148 e. The third-order valence-corrected chi connectivity index (χ3v) is 3.52. The standard InChI is InChI=1S/C16H11FN4/c17-14-5-4-13(7-11(14)8-18)20-16-12(9-19)6-10-2-1-3-15(10)21-16/h4-7H,1-3H2,(H,20,21). The first-order valence-corrected chi connectivity index (χ1v) is 6.61. The Morgan fingerprint density at radius 3 is 2.67 bits per heavy atom. The molecule has 5 heteroatoms. The molecular weight excluding hydrogens is 267 g/mol. The topological polar surface area (TPSA) is 72.5 Å². The van der Waals surface area contributed by atoms with Crippen molar-refractivity contribution in [3.63, 3.8) is 0 Å². The second-order valence-electron chi connectivity index (χ2n) is 4.89. The molecule has 0 radical (unpaired) electrons. The number of fused-ring (bicyclic) bond motifs is 1. The molecule has 2 aromatic rings. The highest BCUT2D eigenvalue weighted by Gasteiger charge is 2.16. The van der Waals surface area contributed by atoms with E-state index in [9.17, 15) is 9.65 Å². The molecular formula is C16H11FN4. The number of pyridine rings is 1. The largest absolute Gasteiger partial charge is 0.339 e. The van der Waals surface area contributed by atoms with Crippen LogP contribution in [-0.4, -0.2) is 4.98 Å². The molecule has 1 N–H and O–H groups in total. The van der Waals surface area contributed by atoms with E-state index in [1.54, 1.807) is 6.07 Å². The van der Waals surface area contributed by atoms with Gasteiger partial charge in [-0.3, -0.25) is 0 Å². The number of hydrogen-bond donors (Lipinski definition) is 1. The van der Waals surface area contributed by atoms with E-state index in [2.05, 4.69) is 16.4 Å². The zero-order valence-corrected chi connectivity index (χ0v) is 11.2. The number of nitrogens with one attached hydrogen (secondary N) is 1. The molecule has 1 heterocycles. The number of anilines is 2. The van der Waals surface area contributed by atoms with Crippen LogP contribution < -0.4 is 5.32 Å². The van der Waals surface area contributed by atoms with Gasteiger partial charge in [-0.05, 0) is 49.1 Å². The van der Waals surface area contributed by atoms with Gasteiger partial charge in [-0.15, -0.1) is 0 Å². The molecule has 0 aliphatic heterocycles. The van der Waals surface area contributed by atoms with Gasteiger partial charge in [0.15, 0.2) is 0 Å². The first-order valence-electron chi connectivity index (χ1n) is 6.61. The summed E-state index contributed by atoms with van der Waals surface area (Å²) in [4.78, 5) is 4.49. The van der Waals surface area contributed by atoms with Crippen molar-refractivity contribution in [2.75, 3.05) is 5.32 Å². The van der Waals surface area contributed by atoms with Crippen LogP contribution in [0.1, 0.15) is 28.8 Å². The maximum absolute atomic E-state index is 13.3. The third-order valence-electron chi connectivity index (χ3n) is 3.52. The number of nitriles is 2. The molecule has 1 aromatic carbocycles. The van der Waals surface area contributed by atoms with Crippen molar-refractivity contribution in [2.45, 2.75) is 19.3 Å². The highest BCUT2D eigenvalue weighted by Crippen LogP contribution is 2.27. The molecule has 102 valence electrons. The molecule has 0 saturated heterocycles. The Morgan fingerprint density at radius 1 is 1.10 bits per heavy atom. The summed E-state index contributed by atoms with van der Waals surface area (Å²) in [5, 5.41) is 21.1. The summed E-state index contributed by atoms with van der Waals surface area (Å²) in [6, 6.07) is 9.92. The number of hydrogen-bond acceptors (Lipinski definition) is 4. The zero-order chi connectivity index (χ0) is 14.8. The number of benzene rings is 1. The molecule has 0 bridgehead atoms. The number of halogens is 1. The fraction of sp³-hybridized carbons (Fsp3) is 0.188. The van der Waals surface area contributed by atoms with Gasteiger partial charge >= 0.3 is 0 Å². The summed E-state index contributed by atoms with van der Waals surface area (Å²) < 4.78 is 13.3. The van der Waals surface area contributed by atoms with Crippen molar-refractivity contribution in [3.8, 4) is 12.1 Å². The lowest BCUT2D eigenvalue weighted by Crippen LogP contribution is -2.01. The van der Waals surface area contributed by atoms with Crippen molar-refractivity contribution < 1.29 is 4.39 Å². The van der Waals surface area contributed by atoms with Gasteiger partial charge in [-0.1, -0.05) is 0 Å². The van der Waals surface area contributed by atoms with Crippen LogP contribution in [-0.2, 0) is 12.8 Å². The molecule has 1 aliphatic carbocycles. The minimum Gasteiger partial charge on any atom is -0.339 e. The summed E-state index contributed by atoms with van der Waals surface area (Å²) in [5.41, 5.74) is 3.07. The van der Waals surface area contributed by atoms with Crippen LogP contribution in [0.3, 0.4) is 0 Å². The summed E-state index contributed by atoms with van der Waals surface area (Å²) in [5.74, 6) is -0.112. The summed E-state index contributed by atoms with van der Waals surface area (Å²) >= 11 is 0. The lowest BCUT2D eigenvalue weighted by Gasteiger charge is -2.10. The monoisotopic (exact) mass is 278 g/mol. The minimum absolute atomic E-state index is 0.0420. The fourth-order valence-electron chi connectivity index (χ4n) is 2.48. The zero-order valence-electron chi connectivity index (χ0n) is 11.2. The highest BCUT2D eigenvalue weighted by atomic mass is 19.1. The van der Waals surface area contributed by atoms with Crippen LogP contribution in [0.5, 0.6) is 0 Å². The number of nitrogens with zero attached hydrogens (tertiary/aromatic N) is 3. The van der Waals surface area contributed by atoms with Crippen molar-refractivity contribution in [1.82, 2.24) is 4.98 Å². The number of aromatic nitrogens is 1. The summed E-state index contributed by atoms with van der Waals surface area (Å²) in [6.07, 6.45) is 2.90. The van der Waals surface area contributed by atoms with Gasteiger partial charge in [0, 0.05) is 11.4 Å². The molecule has 0 amide bonds. The molecule has 0 saturated carbocycles. The average Bonchev–Trinajstić information content (AvgIpc) is 2.95. The second-order valence-corrected chi connectivity index (χ2v) is 4.89. The van der Waals surface area contributed by atoms with Gasteiger partial charge in [0.1, 0.15) is 23.8 Å². The third kappa shape index (κ3) is 2.42. The van der Waals surface area contributed by atoms with E-state index in [-0.39, 0.29) is 5.56 Å². The van der Waals surface area contributed by atoms with Crippen LogP contribution in [0.2, 0.25) is 0 Å². The Balaban J connectivity index is 1.99. The predicted molar refractivity (Wildman–Crippen MR) is 75.4 cm³/mol. The maximum atomic E-state index is 13.3. The first kappa shape index (κ1) is 13.1. The van der Waals surface area contributed by atoms with Crippen LogP contribution in [0.25, 0.3) is 0 Å². The Bertz CT molecular complexity index is 799. The molecule has 21 heavy (non-hydrogen) atoms. The SMILES string of the molecule is N#Cc1cc(Nc2nc3c(cc2C#N)CCC3)ccc1F. The smallest absolute Gasteiger partial charge is 0.148 e. The van der Waals surface area contributed by atoms with E-state index in [0.717, 1.165) is 30.5 Å². The van der Waals surface area contributed by atoms with E-state index in [1.165, 1.54) is 18.2 Å². The molecule has 3 rings (SSSR count). The van der Waals surface area contributed by atoms with Crippen LogP contribution in [0.15, 0.2) is 24.3 Å². The minimum atomic E-state index is -0.564. The van der Waals surface area contributed by atoms with Crippen molar-refractivity contribution in [1.29, 1.82) is 10.5 Å². The second kappa shape index (κ2) is 5.22.